The standard InChI is InChI=1S/C21H25NO2/c1-4-17-10-12-18(13-11-17)16-22(3)21(23)15-14-19-8-6-7-9-20(19)24-5-2/h6-15H,4-5,16H2,1-3H3/b15-14+. The number of nitrogens with zero attached hydrogens (tertiary/aromatic N) is 1. The van der Waals surface area contributed by atoms with Crippen molar-refractivity contribution < 1.29 is 9.53 Å². The molecule has 2 rings (SSSR count). The summed E-state index contributed by atoms with van der Waals surface area (Å²) in [5.74, 6) is 0.766. The van der Waals surface area contributed by atoms with Crippen molar-refractivity contribution in [2.24, 2.45) is 0 Å². The lowest BCUT2D eigenvalue weighted by atomic mass is 10.1. The van der Waals surface area contributed by atoms with Gasteiger partial charge in [0.15, 0.2) is 0 Å². The number of carbonyl (C=O) groups is 1. The molecule has 0 saturated carbocycles. The van der Waals surface area contributed by atoms with E-state index in [1.165, 1.54) is 5.56 Å². The first-order chi connectivity index (χ1) is 11.6. The van der Waals surface area contributed by atoms with Crippen LogP contribution in [0.15, 0.2) is 54.6 Å². The topological polar surface area (TPSA) is 29.5 Å². The Morgan fingerprint density at radius 1 is 1.04 bits per heavy atom. The average Bonchev–Trinajstić information content (AvgIpc) is 2.61. The van der Waals surface area contributed by atoms with Crippen LogP contribution < -0.4 is 4.74 Å². The third-order valence-corrected chi connectivity index (χ3v) is 3.85. The molecule has 0 saturated heterocycles. The number of aryl methyl sites for hydroxylation is 1. The SMILES string of the molecule is CCOc1ccccc1/C=C/C(=O)N(C)Cc1ccc(CC)cc1. The summed E-state index contributed by atoms with van der Waals surface area (Å²) in [4.78, 5) is 14.0. The van der Waals surface area contributed by atoms with Gasteiger partial charge in [-0.05, 0) is 36.6 Å². The Kier molecular flexibility index (Phi) is 6.62. The van der Waals surface area contributed by atoms with E-state index in [0.29, 0.717) is 13.2 Å². The van der Waals surface area contributed by atoms with Crippen LogP contribution in [0, 0.1) is 0 Å². The maximum atomic E-state index is 12.3. The van der Waals surface area contributed by atoms with Gasteiger partial charge in [-0.25, -0.2) is 0 Å². The highest BCUT2D eigenvalue weighted by molar-refractivity contribution is 5.92. The fourth-order valence-corrected chi connectivity index (χ4v) is 2.43. The van der Waals surface area contributed by atoms with Crippen molar-refractivity contribution in [3.8, 4) is 5.75 Å². The van der Waals surface area contributed by atoms with Gasteiger partial charge in [0.1, 0.15) is 5.75 Å². The van der Waals surface area contributed by atoms with Gasteiger partial charge in [0.05, 0.1) is 6.61 Å². The lowest BCUT2D eigenvalue weighted by molar-refractivity contribution is -0.125. The molecule has 2 aromatic carbocycles. The summed E-state index contributed by atoms with van der Waals surface area (Å²) in [6.07, 6.45) is 4.43. The van der Waals surface area contributed by atoms with Crippen LogP contribution in [0.1, 0.15) is 30.5 Å². The van der Waals surface area contributed by atoms with Crippen LogP contribution in [-0.4, -0.2) is 24.5 Å². The van der Waals surface area contributed by atoms with Crippen LogP contribution in [-0.2, 0) is 17.8 Å². The Balaban J connectivity index is 2.00. The molecule has 0 atom stereocenters. The summed E-state index contributed by atoms with van der Waals surface area (Å²) in [7, 11) is 1.81. The Bertz CT molecular complexity index is 689. The molecule has 0 bridgehead atoms. The molecule has 0 N–H and O–H groups in total. The maximum Gasteiger partial charge on any atom is 0.246 e. The molecule has 0 spiro atoms. The highest BCUT2D eigenvalue weighted by Crippen LogP contribution is 2.19. The maximum absolute atomic E-state index is 12.3. The van der Waals surface area contributed by atoms with Crippen LogP contribution in [0.5, 0.6) is 5.75 Å². The summed E-state index contributed by atoms with van der Waals surface area (Å²) in [5, 5.41) is 0. The highest BCUT2D eigenvalue weighted by atomic mass is 16.5. The monoisotopic (exact) mass is 323 g/mol. The van der Waals surface area contributed by atoms with E-state index in [1.807, 2.05) is 44.3 Å². The van der Waals surface area contributed by atoms with E-state index in [4.69, 9.17) is 4.74 Å². The number of ether oxygens (including phenoxy) is 1. The van der Waals surface area contributed by atoms with Crippen molar-refractivity contribution in [3.05, 3.63) is 71.3 Å². The molecule has 24 heavy (non-hydrogen) atoms. The summed E-state index contributed by atoms with van der Waals surface area (Å²) in [5.41, 5.74) is 3.35. The van der Waals surface area contributed by atoms with E-state index in [-0.39, 0.29) is 5.91 Å². The number of likely N-dealkylation sites (N-methyl/N-ethyl adjacent to an activating group) is 1. The number of hydrogen-bond acceptors (Lipinski definition) is 2. The van der Waals surface area contributed by atoms with Crippen LogP contribution >= 0.6 is 0 Å². The second-order valence-electron chi connectivity index (χ2n) is 5.67. The van der Waals surface area contributed by atoms with E-state index in [0.717, 1.165) is 23.3 Å². The number of amides is 1. The molecular formula is C21H25NO2. The van der Waals surface area contributed by atoms with Crippen LogP contribution in [0.4, 0.5) is 0 Å². The van der Waals surface area contributed by atoms with Gasteiger partial charge in [-0.1, -0.05) is 49.4 Å². The Labute approximate surface area is 144 Å². The molecule has 0 aliphatic carbocycles. The van der Waals surface area contributed by atoms with Gasteiger partial charge in [-0.15, -0.1) is 0 Å². The van der Waals surface area contributed by atoms with Crippen molar-refractivity contribution >= 4 is 12.0 Å². The molecular weight excluding hydrogens is 298 g/mol. The fourth-order valence-electron chi connectivity index (χ4n) is 2.43. The average molecular weight is 323 g/mol. The van der Waals surface area contributed by atoms with Gasteiger partial charge in [0, 0.05) is 25.2 Å². The number of benzene rings is 2. The van der Waals surface area contributed by atoms with Crippen molar-refractivity contribution in [2.75, 3.05) is 13.7 Å². The molecule has 3 nitrogen and oxygen atoms in total. The number of carbonyl (C=O) groups excluding carboxylic acids is 1. The smallest absolute Gasteiger partial charge is 0.246 e. The quantitative estimate of drug-likeness (QED) is 0.710. The third-order valence-electron chi connectivity index (χ3n) is 3.85. The first-order valence-corrected chi connectivity index (χ1v) is 8.36. The van der Waals surface area contributed by atoms with Gasteiger partial charge in [-0.2, -0.15) is 0 Å². The second-order valence-corrected chi connectivity index (χ2v) is 5.67. The van der Waals surface area contributed by atoms with Crippen LogP contribution in [0.2, 0.25) is 0 Å². The van der Waals surface area contributed by atoms with Gasteiger partial charge in [0.25, 0.3) is 0 Å². The molecule has 2 aromatic rings. The molecule has 0 heterocycles. The molecule has 3 heteroatoms. The molecule has 0 aliphatic heterocycles. The van der Waals surface area contributed by atoms with E-state index in [2.05, 4.69) is 31.2 Å². The largest absolute Gasteiger partial charge is 0.493 e. The van der Waals surface area contributed by atoms with Gasteiger partial charge in [0.2, 0.25) is 5.91 Å². The van der Waals surface area contributed by atoms with Crippen molar-refractivity contribution in [2.45, 2.75) is 26.8 Å². The minimum Gasteiger partial charge on any atom is -0.493 e. The van der Waals surface area contributed by atoms with Gasteiger partial charge in [-0.3, -0.25) is 4.79 Å². The molecule has 0 aromatic heterocycles. The molecule has 126 valence electrons. The predicted octanol–water partition coefficient (Wildman–Crippen LogP) is 4.32. The Morgan fingerprint density at radius 2 is 1.71 bits per heavy atom. The normalized spacial score (nSPS) is 10.8. The van der Waals surface area contributed by atoms with E-state index in [9.17, 15) is 4.79 Å². The Morgan fingerprint density at radius 3 is 2.38 bits per heavy atom. The zero-order valence-electron chi connectivity index (χ0n) is 14.7. The minimum atomic E-state index is -0.0270. The summed E-state index contributed by atoms with van der Waals surface area (Å²) in [6.45, 7) is 5.28. The lowest BCUT2D eigenvalue weighted by Gasteiger charge is -2.15. The number of para-hydroxylation sites is 1. The fraction of sp³-hybridized carbons (Fsp3) is 0.286. The van der Waals surface area contributed by atoms with Crippen molar-refractivity contribution in [1.29, 1.82) is 0 Å². The van der Waals surface area contributed by atoms with E-state index < -0.39 is 0 Å². The van der Waals surface area contributed by atoms with E-state index >= 15 is 0 Å². The molecule has 0 radical (unpaired) electrons. The van der Waals surface area contributed by atoms with Crippen molar-refractivity contribution in [3.63, 3.8) is 0 Å². The van der Waals surface area contributed by atoms with Crippen LogP contribution in [0.3, 0.4) is 0 Å². The second kappa shape index (κ2) is 8.92. The zero-order chi connectivity index (χ0) is 17.4. The van der Waals surface area contributed by atoms with Crippen molar-refractivity contribution in [1.82, 2.24) is 4.90 Å². The lowest BCUT2D eigenvalue weighted by Crippen LogP contribution is -2.24. The molecule has 1 amide bonds. The predicted molar refractivity (Wildman–Crippen MR) is 98.9 cm³/mol. The minimum absolute atomic E-state index is 0.0270. The zero-order valence-corrected chi connectivity index (χ0v) is 14.7. The highest BCUT2D eigenvalue weighted by Gasteiger charge is 2.06. The molecule has 0 unspecified atom stereocenters. The van der Waals surface area contributed by atoms with Gasteiger partial charge < -0.3 is 9.64 Å². The Hall–Kier alpha value is -2.55. The van der Waals surface area contributed by atoms with Crippen LogP contribution in [0.25, 0.3) is 6.08 Å². The third kappa shape index (κ3) is 4.98. The first kappa shape index (κ1) is 17.8. The van der Waals surface area contributed by atoms with E-state index in [1.54, 1.807) is 11.0 Å². The first-order valence-electron chi connectivity index (χ1n) is 8.36. The molecule has 0 aliphatic rings. The number of rotatable bonds is 7. The van der Waals surface area contributed by atoms with Gasteiger partial charge >= 0.3 is 0 Å². The summed E-state index contributed by atoms with van der Waals surface area (Å²) >= 11 is 0. The summed E-state index contributed by atoms with van der Waals surface area (Å²) in [6, 6.07) is 16.1. The summed E-state index contributed by atoms with van der Waals surface area (Å²) < 4.78 is 5.57. The number of hydrogen-bond donors (Lipinski definition) is 0. The molecule has 0 fully saturated rings.